The molecule has 2 bridgehead atoms. The number of piperidine rings is 1. The van der Waals surface area contributed by atoms with Crippen molar-refractivity contribution in [3.63, 3.8) is 0 Å². The molecule has 3 atom stereocenters. The number of hydrogen-bond acceptors (Lipinski definition) is 7. The van der Waals surface area contributed by atoms with Crippen molar-refractivity contribution in [1.82, 2.24) is 10.2 Å². The van der Waals surface area contributed by atoms with Gasteiger partial charge < -0.3 is 29.2 Å². The molecule has 3 saturated heterocycles. The number of morpholine rings is 1. The normalized spacial score (nSPS) is 26.4. The van der Waals surface area contributed by atoms with Crippen LogP contribution in [0.2, 0.25) is 0 Å². The number of aryl methyl sites for hydroxylation is 2. The average Bonchev–Trinajstić information content (AvgIpc) is 3.46. The minimum atomic E-state index is -0.833. The molecular formula is C27H34N2O7. The van der Waals surface area contributed by atoms with Crippen molar-refractivity contribution in [2.24, 2.45) is 0 Å². The minimum absolute atomic E-state index is 0.0199. The van der Waals surface area contributed by atoms with Crippen LogP contribution < -0.4 is 15.7 Å². The van der Waals surface area contributed by atoms with Crippen molar-refractivity contribution in [2.75, 3.05) is 26.3 Å². The zero-order valence-corrected chi connectivity index (χ0v) is 20.9. The SMILES string of the molecule is CC(=O)O.Cc1c(OCC(=O)N2CCOC3(C[C@H]4CC[C@@H](C3)N4)C2)ccc2c3c(c(=O)oc12)CCC3. The predicted octanol–water partition coefficient (Wildman–Crippen LogP) is 2.57. The fourth-order valence-electron chi connectivity index (χ4n) is 6.36. The first-order valence-electron chi connectivity index (χ1n) is 12.8. The summed E-state index contributed by atoms with van der Waals surface area (Å²) in [6, 6.07) is 4.88. The fourth-order valence-corrected chi connectivity index (χ4v) is 6.36. The monoisotopic (exact) mass is 498 g/mol. The molecule has 1 aromatic carbocycles. The predicted molar refractivity (Wildman–Crippen MR) is 132 cm³/mol. The number of ether oxygens (including phenoxy) is 2. The Hall–Kier alpha value is -2.91. The Bertz CT molecular complexity index is 1220. The van der Waals surface area contributed by atoms with Crippen molar-refractivity contribution in [1.29, 1.82) is 0 Å². The Morgan fingerprint density at radius 2 is 1.89 bits per heavy atom. The topological polar surface area (TPSA) is 118 Å². The first-order chi connectivity index (χ1) is 17.2. The van der Waals surface area contributed by atoms with Crippen molar-refractivity contribution in [3.05, 3.63) is 39.2 Å². The number of amides is 1. The lowest BCUT2D eigenvalue weighted by molar-refractivity contribution is -0.159. The Kier molecular flexibility index (Phi) is 6.78. The lowest BCUT2D eigenvalue weighted by Crippen LogP contribution is -2.60. The summed E-state index contributed by atoms with van der Waals surface area (Å²) in [5.74, 6) is -0.261. The highest BCUT2D eigenvalue weighted by molar-refractivity contribution is 5.86. The van der Waals surface area contributed by atoms with Gasteiger partial charge in [-0.15, -0.1) is 0 Å². The van der Waals surface area contributed by atoms with Gasteiger partial charge in [-0.1, -0.05) is 0 Å². The van der Waals surface area contributed by atoms with Gasteiger partial charge in [0.05, 0.1) is 12.2 Å². The summed E-state index contributed by atoms with van der Waals surface area (Å²) < 4.78 is 17.8. The molecule has 1 aromatic heterocycles. The van der Waals surface area contributed by atoms with Crippen LogP contribution in [0.1, 0.15) is 55.7 Å². The first-order valence-corrected chi connectivity index (χ1v) is 12.8. The van der Waals surface area contributed by atoms with Gasteiger partial charge in [0.1, 0.15) is 11.3 Å². The lowest BCUT2D eigenvalue weighted by Gasteiger charge is -2.47. The number of carbonyl (C=O) groups is 2. The number of nitrogens with one attached hydrogen (secondary N) is 1. The molecule has 1 spiro atoms. The average molecular weight is 499 g/mol. The maximum Gasteiger partial charge on any atom is 0.339 e. The molecule has 36 heavy (non-hydrogen) atoms. The van der Waals surface area contributed by atoms with E-state index in [0.717, 1.165) is 61.1 Å². The van der Waals surface area contributed by atoms with E-state index >= 15 is 0 Å². The van der Waals surface area contributed by atoms with E-state index in [9.17, 15) is 9.59 Å². The number of rotatable bonds is 3. The van der Waals surface area contributed by atoms with Crippen LogP contribution in [-0.4, -0.2) is 65.9 Å². The molecule has 1 unspecified atom stereocenters. The molecule has 9 nitrogen and oxygen atoms in total. The number of carbonyl (C=O) groups excluding carboxylic acids is 1. The van der Waals surface area contributed by atoms with E-state index in [4.69, 9.17) is 23.8 Å². The highest BCUT2D eigenvalue weighted by atomic mass is 16.5. The lowest BCUT2D eigenvalue weighted by atomic mass is 9.85. The van der Waals surface area contributed by atoms with Gasteiger partial charge in [-0.05, 0) is 69.6 Å². The molecule has 9 heteroatoms. The molecule has 3 aliphatic heterocycles. The molecule has 3 fully saturated rings. The van der Waals surface area contributed by atoms with Crippen LogP contribution in [0.5, 0.6) is 5.75 Å². The van der Waals surface area contributed by atoms with E-state index in [1.807, 2.05) is 24.0 Å². The highest BCUT2D eigenvalue weighted by Crippen LogP contribution is 2.38. The smallest absolute Gasteiger partial charge is 0.339 e. The zero-order chi connectivity index (χ0) is 25.4. The van der Waals surface area contributed by atoms with Crippen LogP contribution in [-0.2, 0) is 27.2 Å². The van der Waals surface area contributed by atoms with Gasteiger partial charge >= 0.3 is 5.63 Å². The summed E-state index contributed by atoms with van der Waals surface area (Å²) >= 11 is 0. The van der Waals surface area contributed by atoms with Crippen molar-refractivity contribution < 1.29 is 28.6 Å². The van der Waals surface area contributed by atoms with Crippen molar-refractivity contribution in [2.45, 2.75) is 76.5 Å². The Labute approximate surface area is 209 Å². The number of aliphatic carboxylic acids is 1. The van der Waals surface area contributed by atoms with E-state index in [1.165, 1.54) is 12.8 Å². The first kappa shape index (κ1) is 24.8. The number of carboxylic acids is 1. The quantitative estimate of drug-likeness (QED) is 0.620. The fraction of sp³-hybridized carbons (Fsp3) is 0.593. The number of carboxylic acid groups (broad SMARTS) is 1. The molecule has 0 saturated carbocycles. The highest BCUT2D eigenvalue weighted by Gasteiger charge is 2.47. The van der Waals surface area contributed by atoms with Crippen LogP contribution in [0.4, 0.5) is 0 Å². The molecule has 194 valence electrons. The number of hydrogen-bond donors (Lipinski definition) is 2. The molecule has 1 aliphatic carbocycles. The summed E-state index contributed by atoms with van der Waals surface area (Å²) in [4.78, 5) is 36.3. The van der Waals surface area contributed by atoms with Gasteiger partial charge in [0, 0.05) is 48.6 Å². The third kappa shape index (κ3) is 4.86. The molecule has 2 N–H and O–H groups in total. The van der Waals surface area contributed by atoms with Crippen LogP contribution in [0.25, 0.3) is 11.0 Å². The van der Waals surface area contributed by atoms with Crippen LogP contribution >= 0.6 is 0 Å². The summed E-state index contributed by atoms with van der Waals surface area (Å²) in [6.45, 7) is 4.77. The van der Waals surface area contributed by atoms with Crippen molar-refractivity contribution in [3.8, 4) is 5.75 Å². The van der Waals surface area contributed by atoms with Crippen LogP contribution in [0.3, 0.4) is 0 Å². The van der Waals surface area contributed by atoms with Gasteiger partial charge in [-0.25, -0.2) is 4.79 Å². The van der Waals surface area contributed by atoms with E-state index in [0.29, 0.717) is 43.1 Å². The van der Waals surface area contributed by atoms with E-state index < -0.39 is 5.97 Å². The minimum Gasteiger partial charge on any atom is -0.483 e. The molecule has 0 radical (unpaired) electrons. The molecule has 4 heterocycles. The molecule has 6 rings (SSSR count). The van der Waals surface area contributed by atoms with E-state index in [2.05, 4.69) is 5.32 Å². The Balaban J connectivity index is 0.000000623. The second kappa shape index (κ2) is 9.86. The molecule has 2 aromatic rings. The maximum atomic E-state index is 13.0. The van der Waals surface area contributed by atoms with Crippen LogP contribution in [0.15, 0.2) is 21.3 Å². The van der Waals surface area contributed by atoms with Gasteiger partial charge in [-0.3, -0.25) is 9.59 Å². The number of nitrogens with zero attached hydrogens (tertiary/aromatic N) is 1. The molecule has 1 amide bonds. The Morgan fingerprint density at radius 3 is 2.61 bits per heavy atom. The van der Waals surface area contributed by atoms with Gasteiger partial charge in [0.25, 0.3) is 11.9 Å². The third-order valence-electron chi connectivity index (χ3n) is 7.86. The third-order valence-corrected chi connectivity index (χ3v) is 7.86. The summed E-state index contributed by atoms with van der Waals surface area (Å²) in [5.41, 5.74) is 2.82. The van der Waals surface area contributed by atoms with Crippen LogP contribution in [0, 0.1) is 6.92 Å². The maximum absolute atomic E-state index is 13.0. The van der Waals surface area contributed by atoms with Gasteiger partial charge in [-0.2, -0.15) is 0 Å². The Morgan fingerprint density at radius 1 is 1.19 bits per heavy atom. The zero-order valence-electron chi connectivity index (χ0n) is 20.9. The van der Waals surface area contributed by atoms with E-state index in [1.54, 1.807) is 0 Å². The van der Waals surface area contributed by atoms with Gasteiger partial charge in [0.2, 0.25) is 0 Å². The summed E-state index contributed by atoms with van der Waals surface area (Å²) in [6.07, 6.45) is 7.04. The largest absolute Gasteiger partial charge is 0.483 e. The second-order valence-corrected chi connectivity index (χ2v) is 10.5. The number of benzene rings is 1. The molecule has 4 aliphatic rings. The number of fused-ring (bicyclic) bond motifs is 5. The molecular weight excluding hydrogens is 464 g/mol. The second-order valence-electron chi connectivity index (χ2n) is 10.5. The van der Waals surface area contributed by atoms with Crippen molar-refractivity contribution >= 4 is 22.8 Å². The van der Waals surface area contributed by atoms with E-state index in [-0.39, 0.29) is 23.7 Å². The summed E-state index contributed by atoms with van der Waals surface area (Å²) in [5, 5.41) is 12.1. The standard InChI is InChI=1S/C25H30N2O5.C2H4O2/c1-15-21(8-7-19-18-3-2-4-20(18)24(29)32-23(15)19)30-13-22(28)27-9-10-31-25(14-27)11-16-5-6-17(12-25)26-16;1-2(3)4/h7-8,16-17,26H,2-6,9-14H2,1H3;1H3,(H,3,4)/t16-,17+,25?;. The van der Waals surface area contributed by atoms with Gasteiger partial charge in [0.15, 0.2) is 6.61 Å². The summed E-state index contributed by atoms with van der Waals surface area (Å²) in [7, 11) is 0.